The van der Waals surface area contributed by atoms with Crippen molar-refractivity contribution < 1.29 is 13.2 Å². The van der Waals surface area contributed by atoms with Crippen molar-refractivity contribution >= 4 is 32.6 Å². The van der Waals surface area contributed by atoms with Crippen LogP contribution in [-0.2, 0) is 21.2 Å². The van der Waals surface area contributed by atoms with Gasteiger partial charge in [-0.2, -0.15) is 4.31 Å². The van der Waals surface area contributed by atoms with E-state index in [-0.39, 0.29) is 0 Å². The molecule has 2 aromatic rings. The Morgan fingerprint density at radius 3 is 2.35 bits per heavy atom. The summed E-state index contributed by atoms with van der Waals surface area (Å²) in [7, 11) is -3.43. The fraction of sp³-hybridized carbons (Fsp3) is 0.294. The van der Waals surface area contributed by atoms with Gasteiger partial charge < -0.3 is 4.74 Å². The second-order valence-corrected chi connectivity index (χ2v) is 9.00. The third kappa shape index (κ3) is 2.71. The predicted octanol–water partition coefficient (Wildman–Crippen LogP) is 2.88. The van der Waals surface area contributed by atoms with Gasteiger partial charge in [-0.05, 0) is 75.5 Å². The Hall–Kier alpha value is -0.960. The van der Waals surface area contributed by atoms with E-state index < -0.39 is 10.0 Å². The Morgan fingerprint density at radius 2 is 1.61 bits per heavy atom. The van der Waals surface area contributed by atoms with E-state index in [0.29, 0.717) is 31.2 Å². The molecule has 0 spiro atoms. The van der Waals surface area contributed by atoms with Gasteiger partial charge in [0.05, 0.1) is 18.1 Å². The van der Waals surface area contributed by atoms with Crippen LogP contribution in [0.15, 0.2) is 41.3 Å². The molecule has 4 nitrogen and oxygen atoms in total. The lowest BCUT2D eigenvalue weighted by Gasteiger charge is -2.26. The summed E-state index contributed by atoms with van der Waals surface area (Å²) in [6, 6.07) is 11.9. The molecule has 6 heteroatoms. The Kier molecular flexibility index (Phi) is 3.95. The second-order valence-electron chi connectivity index (χ2n) is 5.81. The molecule has 1 heterocycles. The molecule has 1 saturated heterocycles. The van der Waals surface area contributed by atoms with Crippen molar-refractivity contribution in [3.05, 3.63) is 51.1 Å². The van der Waals surface area contributed by atoms with Gasteiger partial charge >= 0.3 is 0 Å². The lowest BCUT2D eigenvalue weighted by atomic mass is 10.1. The van der Waals surface area contributed by atoms with Crippen LogP contribution in [0.2, 0.25) is 0 Å². The molecule has 0 radical (unpaired) electrons. The average Bonchev–Trinajstić information content (AvgIpc) is 2.92. The minimum absolute atomic E-state index is 0.389. The molecule has 0 bridgehead atoms. The van der Waals surface area contributed by atoms with Crippen LogP contribution < -0.4 is 0 Å². The average molecular weight is 441 g/mol. The van der Waals surface area contributed by atoms with Crippen LogP contribution in [0.3, 0.4) is 0 Å². The number of fused-ring (bicyclic) bond motifs is 3. The summed E-state index contributed by atoms with van der Waals surface area (Å²) in [5.41, 5.74) is 4.73. The summed E-state index contributed by atoms with van der Waals surface area (Å²) >= 11 is 2.31. The van der Waals surface area contributed by atoms with Crippen molar-refractivity contribution in [2.75, 3.05) is 26.3 Å². The summed E-state index contributed by atoms with van der Waals surface area (Å²) in [6.07, 6.45) is 0.800. The molecule has 0 N–H and O–H groups in total. The molecule has 23 heavy (non-hydrogen) atoms. The number of benzene rings is 2. The lowest BCUT2D eigenvalue weighted by Crippen LogP contribution is -2.40. The lowest BCUT2D eigenvalue weighted by molar-refractivity contribution is 0.0730. The Bertz CT molecular complexity index is 873. The van der Waals surface area contributed by atoms with Crippen LogP contribution >= 0.6 is 22.6 Å². The van der Waals surface area contributed by atoms with E-state index in [1.807, 2.05) is 12.1 Å². The number of hydrogen-bond donors (Lipinski definition) is 0. The van der Waals surface area contributed by atoms with Crippen molar-refractivity contribution in [2.24, 2.45) is 0 Å². The third-order valence-electron chi connectivity index (χ3n) is 4.42. The molecular weight excluding hydrogens is 425 g/mol. The van der Waals surface area contributed by atoms with Crippen molar-refractivity contribution in [2.45, 2.75) is 11.3 Å². The summed E-state index contributed by atoms with van der Waals surface area (Å²) < 4.78 is 33.5. The highest BCUT2D eigenvalue weighted by Crippen LogP contribution is 2.38. The normalized spacial score (nSPS) is 17.8. The number of nitrogens with zero attached hydrogens (tertiary/aromatic N) is 1. The number of halogens is 1. The maximum absolute atomic E-state index is 12.8. The topological polar surface area (TPSA) is 46.6 Å². The van der Waals surface area contributed by atoms with E-state index in [1.54, 1.807) is 6.07 Å². The minimum Gasteiger partial charge on any atom is -0.379 e. The smallest absolute Gasteiger partial charge is 0.243 e. The van der Waals surface area contributed by atoms with E-state index in [4.69, 9.17) is 4.74 Å². The van der Waals surface area contributed by atoms with Crippen molar-refractivity contribution in [3.8, 4) is 11.1 Å². The first-order valence-electron chi connectivity index (χ1n) is 7.55. The standard InChI is InChI=1S/C17H16INO3S/c18-14-1-3-16-12(10-14)9-13-11-15(2-4-17(13)16)23(20,21)19-5-7-22-8-6-19/h1-4,10-11H,5-9H2. The first-order valence-corrected chi connectivity index (χ1v) is 10.1. The summed E-state index contributed by atoms with van der Waals surface area (Å²) in [4.78, 5) is 0.389. The molecule has 1 aliphatic heterocycles. The fourth-order valence-corrected chi connectivity index (χ4v) is 5.27. The van der Waals surface area contributed by atoms with E-state index >= 15 is 0 Å². The van der Waals surface area contributed by atoms with Gasteiger partial charge in [0.1, 0.15) is 0 Å². The first kappa shape index (κ1) is 15.6. The summed E-state index contributed by atoms with van der Waals surface area (Å²) in [5.74, 6) is 0. The maximum Gasteiger partial charge on any atom is 0.243 e. The third-order valence-corrected chi connectivity index (χ3v) is 6.99. The Morgan fingerprint density at radius 1 is 0.957 bits per heavy atom. The number of morpholine rings is 1. The Balaban J connectivity index is 1.72. The molecule has 1 aliphatic carbocycles. The number of rotatable bonds is 2. The highest BCUT2D eigenvalue weighted by atomic mass is 127. The van der Waals surface area contributed by atoms with Gasteiger partial charge in [-0.1, -0.05) is 12.1 Å². The molecule has 2 aromatic carbocycles. The zero-order chi connectivity index (χ0) is 16.0. The van der Waals surface area contributed by atoms with Crippen LogP contribution in [-0.4, -0.2) is 39.0 Å². The molecule has 120 valence electrons. The van der Waals surface area contributed by atoms with Crippen LogP contribution in [0, 0.1) is 3.57 Å². The molecule has 0 amide bonds. The van der Waals surface area contributed by atoms with Crippen molar-refractivity contribution in [1.82, 2.24) is 4.31 Å². The van der Waals surface area contributed by atoms with Gasteiger partial charge in [-0.15, -0.1) is 0 Å². The van der Waals surface area contributed by atoms with Gasteiger partial charge in [-0.3, -0.25) is 0 Å². The zero-order valence-corrected chi connectivity index (χ0v) is 15.4. The molecule has 0 saturated carbocycles. The van der Waals surface area contributed by atoms with E-state index in [2.05, 4.69) is 40.8 Å². The number of sulfonamides is 1. The highest BCUT2D eigenvalue weighted by molar-refractivity contribution is 14.1. The predicted molar refractivity (Wildman–Crippen MR) is 97.0 cm³/mol. The monoisotopic (exact) mass is 441 g/mol. The minimum atomic E-state index is -3.43. The quantitative estimate of drug-likeness (QED) is 0.575. The van der Waals surface area contributed by atoms with E-state index in [1.165, 1.54) is 19.0 Å². The Labute approximate surface area is 149 Å². The zero-order valence-electron chi connectivity index (χ0n) is 12.5. The molecular formula is C17H16INO3S. The number of hydrogen-bond acceptors (Lipinski definition) is 3. The number of ether oxygens (including phenoxy) is 1. The highest BCUT2D eigenvalue weighted by Gasteiger charge is 2.28. The van der Waals surface area contributed by atoms with Crippen LogP contribution in [0.1, 0.15) is 11.1 Å². The summed E-state index contributed by atoms with van der Waals surface area (Å²) in [6.45, 7) is 1.79. The van der Waals surface area contributed by atoms with Crippen LogP contribution in [0.25, 0.3) is 11.1 Å². The first-order chi connectivity index (χ1) is 11.1. The van der Waals surface area contributed by atoms with Gasteiger partial charge in [0.15, 0.2) is 0 Å². The molecule has 0 aromatic heterocycles. The fourth-order valence-electron chi connectivity index (χ4n) is 3.25. The molecule has 2 aliphatic rings. The molecule has 0 atom stereocenters. The van der Waals surface area contributed by atoms with Gasteiger partial charge in [0.25, 0.3) is 0 Å². The summed E-state index contributed by atoms with van der Waals surface area (Å²) in [5, 5.41) is 0. The van der Waals surface area contributed by atoms with E-state index in [0.717, 1.165) is 17.5 Å². The largest absolute Gasteiger partial charge is 0.379 e. The second kappa shape index (κ2) is 5.84. The molecule has 0 unspecified atom stereocenters. The molecule has 1 fully saturated rings. The van der Waals surface area contributed by atoms with Crippen LogP contribution in [0.5, 0.6) is 0 Å². The maximum atomic E-state index is 12.8. The van der Waals surface area contributed by atoms with Crippen molar-refractivity contribution in [1.29, 1.82) is 0 Å². The van der Waals surface area contributed by atoms with Crippen molar-refractivity contribution in [3.63, 3.8) is 0 Å². The molecule has 4 rings (SSSR count). The van der Waals surface area contributed by atoms with E-state index in [9.17, 15) is 8.42 Å². The SMILES string of the molecule is O=S(=O)(c1ccc2c(c1)Cc1cc(I)ccc1-2)N1CCOCC1. The van der Waals surface area contributed by atoms with Crippen LogP contribution in [0.4, 0.5) is 0 Å². The van der Waals surface area contributed by atoms with Gasteiger partial charge in [0.2, 0.25) is 10.0 Å². The van der Waals surface area contributed by atoms with Gasteiger partial charge in [0, 0.05) is 16.7 Å². The van der Waals surface area contributed by atoms with Gasteiger partial charge in [-0.25, -0.2) is 8.42 Å².